The lowest BCUT2D eigenvalue weighted by atomic mass is 10.2. The van der Waals surface area contributed by atoms with E-state index in [-0.39, 0.29) is 5.91 Å². The topological polar surface area (TPSA) is 67.2 Å². The lowest BCUT2D eigenvalue weighted by Crippen LogP contribution is -2.48. The van der Waals surface area contributed by atoms with Gasteiger partial charge in [-0.3, -0.25) is 9.69 Å². The molecule has 1 saturated heterocycles. The highest BCUT2D eigenvalue weighted by Gasteiger charge is 2.27. The quantitative estimate of drug-likeness (QED) is 0.434. The average Bonchev–Trinajstić information content (AvgIpc) is 3.42. The van der Waals surface area contributed by atoms with Gasteiger partial charge in [0.05, 0.1) is 17.1 Å². The van der Waals surface area contributed by atoms with E-state index in [1.165, 1.54) is 22.5 Å². The Morgan fingerprint density at radius 1 is 0.941 bits per heavy atom. The molecule has 0 aliphatic carbocycles. The molecule has 1 aliphatic heterocycles. The molecule has 2 aromatic heterocycles. The van der Waals surface area contributed by atoms with E-state index in [0.29, 0.717) is 4.88 Å². The van der Waals surface area contributed by atoms with Gasteiger partial charge in [-0.1, -0.05) is 53.2 Å². The van der Waals surface area contributed by atoms with Gasteiger partial charge < -0.3 is 4.90 Å². The Morgan fingerprint density at radius 3 is 2.35 bits per heavy atom. The number of aryl methyl sites for hydroxylation is 2. The molecule has 0 unspecified atom stereocenters. The first-order valence-electron chi connectivity index (χ1n) is 11.5. The van der Waals surface area contributed by atoms with Crippen molar-refractivity contribution < 1.29 is 4.79 Å². The Kier molecular flexibility index (Phi) is 6.26. The van der Waals surface area contributed by atoms with Gasteiger partial charge in [-0.05, 0) is 38.5 Å². The Bertz CT molecular complexity index is 1290. The number of piperazine rings is 1. The van der Waals surface area contributed by atoms with Gasteiger partial charge in [0.2, 0.25) is 0 Å². The number of carbonyl (C=O) groups excluding carboxylic acids is 1. The van der Waals surface area contributed by atoms with Crippen molar-refractivity contribution in [3.63, 3.8) is 0 Å². The van der Waals surface area contributed by atoms with Crippen LogP contribution in [0.3, 0.4) is 0 Å². The molecule has 0 bridgehead atoms. The summed E-state index contributed by atoms with van der Waals surface area (Å²) < 4.78 is 1.82. The number of rotatable bonds is 5. The minimum absolute atomic E-state index is 0.0594. The molecule has 0 spiro atoms. The number of thiazole rings is 1. The van der Waals surface area contributed by atoms with E-state index < -0.39 is 0 Å². The number of benzene rings is 2. The number of aromatic nitrogens is 4. The summed E-state index contributed by atoms with van der Waals surface area (Å²) in [6.45, 7) is 10.1. The van der Waals surface area contributed by atoms with Crippen LogP contribution >= 0.6 is 11.3 Å². The molecule has 174 valence electrons. The number of hydrogen-bond acceptors (Lipinski definition) is 6. The number of carbonyl (C=O) groups is 1. The molecule has 1 aliphatic rings. The smallest absolute Gasteiger partial charge is 0.265 e. The maximum atomic E-state index is 13.3. The van der Waals surface area contributed by atoms with Crippen molar-refractivity contribution >= 4 is 17.2 Å². The molecule has 0 radical (unpaired) electrons. The van der Waals surface area contributed by atoms with E-state index in [0.717, 1.165) is 60.5 Å². The minimum Gasteiger partial charge on any atom is -0.335 e. The molecule has 0 atom stereocenters. The number of amides is 1. The highest BCUT2D eigenvalue weighted by molar-refractivity contribution is 7.17. The molecule has 1 fully saturated rings. The third-order valence-corrected chi connectivity index (χ3v) is 7.43. The summed E-state index contributed by atoms with van der Waals surface area (Å²) >= 11 is 1.41. The van der Waals surface area contributed by atoms with E-state index in [9.17, 15) is 4.79 Å². The fraction of sp³-hybridized carbons (Fsp3) is 0.308. The van der Waals surface area contributed by atoms with Gasteiger partial charge >= 0.3 is 0 Å². The second-order valence-corrected chi connectivity index (χ2v) is 9.76. The van der Waals surface area contributed by atoms with Crippen LogP contribution in [-0.4, -0.2) is 61.9 Å². The van der Waals surface area contributed by atoms with Crippen LogP contribution < -0.4 is 0 Å². The molecule has 8 heteroatoms. The molecule has 1 amide bonds. The van der Waals surface area contributed by atoms with Gasteiger partial charge in [-0.25, -0.2) is 9.67 Å². The SMILES string of the molecule is Cc1ccc(-n2nnc(-c3nc(C)c(C(=O)N4CCN(Cc5ccccc5)CC4)s3)c2C)cc1. The zero-order valence-corrected chi connectivity index (χ0v) is 20.5. The van der Waals surface area contributed by atoms with Crippen molar-refractivity contribution in [3.8, 4) is 16.4 Å². The van der Waals surface area contributed by atoms with Gasteiger partial charge in [-0.2, -0.15) is 0 Å². The molecule has 0 N–H and O–H groups in total. The van der Waals surface area contributed by atoms with E-state index >= 15 is 0 Å². The summed E-state index contributed by atoms with van der Waals surface area (Å²) in [6, 6.07) is 18.6. The van der Waals surface area contributed by atoms with Crippen LogP contribution in [-0.2, 0) is 6.54 Å². The highest BCUT2D eigenvalue weighted by Crippen LogP contribution is 2.30. The lowest BCUT2D eigenvalue weighted by Gasteiger charge is -2.34. The largest absolute Gasteiger partial charge is 0.335 e. The van der Waals surface area contributed by atoms with Crippen LogP contribution in [0.25, 0.3) is 16.4 Å². The summed E-state index contributed by atoms with van der Waals surface area (Å²) in [5, 5.41) is 9.47. The summed E-state index contributed by atoms with van der Waals surface area (Å²) in [7, 11) is 0. The lowest BCUT2D eigenvalue weighted by molar-refractivity contribution is 0.0632. The number of hydrogen-bond donors (Lipinski definition) is 0. The summed E-state index contributed by atoms with van der Waals surface area (Å²) in [5.41, 5.74) is 5.84. The molecule has 5 rings (SSSR count). The van der Waals surface area contributed by atoms with E-state index in [1.54, 1.807) is 0 Å². The molecule has 2 aromatic carbocycles. The molecule has 4 aromatic rings. The molecule has 7 nitrogen and oxygen atoms in total. The van der Waals surface area contributed by atoms with Crippen molar-refractivity contribution in [2.75, 3.05) is 26.2 Å². The second kappa shape index (κ2) is 9.48. The summed E-state index contributed by atoms with van der Waals surface area (Å²) in [5.74, 6) is 0.0594. The van der Waals surface area contributed by atoms with Gasteiger partial charge in [0.25, 0.3) is 5.91 Å². The van der Waals surface area contributed by atoms with Crippen LogP contribution in [0.5, 0.6) is 0 Å². The first kappa shape index (κ1) is 22.4. The van der Waals surface area contributed by atoms with Crippen molar-refractivity contribution in [2.24, 2.45) is 0 Å². The van der Waals surface area contributed by atoms with Gasteiger partial charge in [0.1, 0.15) is 15.6 Å². The Balaban J connectivity index is 1.29. The third-order valence-electron chi connectivity index (χ3n) is 6.28. The van der Waals surface area contributed by atoms with Crippen molar-refractivity contribution in [2.45, 2.75) is 27.3 Å². The van der Waals surface area contributed by atoms with Gasteiger partial charge in [0.15, 0.2) is 0 Å². The maximum absolute atomic E-state index is 13.3. The minimum atomic E-state index is 0.0594. The molecule has 3 heterocycles. The standard InChI is InChI=1S/C26H28N6OS/c1-18-9-11-22(12-10-18)32-20(3)23(28-29-32)25-27-19(2)24(34-25)26(33)31-15-13-30(14-16-31)17-21-7-5-4-6-8-21/h4-12H,13-17H2,1-3H3. The second-order valence-electron chi connectivity index (χ2n) is 8.76. The van der Waals surface area contributed by atoms with Crippen molar-refractivity contribution in [1.29, 1.82) is 0 Å². The zero-order valence-electron chi connectivity index (χ0n) is 19.7. The normalized spacial score (nSPS) is 14.5. The third kappa shape index (κ3) is 4.51. The average molecular weight is 473 g/mol. The van der Waals surface area contributed by atoms with Crippen LogP contribution in [0, 0.1) is 20.8 Å². The Morgan fingerprint density at radius 2 is 1.65 bits per heavy atom. The van der Waals surface area contributed by atoms with Crippen molar-refractivity contribution in [3.05, 3.63) is 82.0 Å². The summed E-state index contributed by atoms with van der Waals surface area (Å²) in [4.78, 5) is 23.0. The first-order chi connectivity index (χ1) is 16.5. The fourth-order valence-corrected chi connectivity index (χ4v) is 5.32. The van der Waals surface area contributed by atoms with Crippen LogP contribution in [0.15, 0.2) is 54.6 Å². The van der Waals surface area contributed by atoms with Crippen LogP contribution in [0.4, 0.5) is 0 Å². The monoisotopic (exact) mass is 472 g/mol. The first-order valence-corrected chi connectivity index (χ1v) is 12.3. The molecule has 34 heavy (non-hydrogen) atoms. The van der Waals surface area contributed by atoms with Crippen LogP contribution in [0.2, 0.25) is 0 Å². The van der Waals surface area contributed by atoms with Crippen molar-refractivity contribution in [1.82, 2.24) is 29.8 Å². The molecular formula is C26H28N6OS. The Hall–Kier alpha value is -3.36. The molecule has 0 saturated carbocycles. The van der Waals surface area contributed by atoms with E-state index in [2.05, 4.69) is 58.5 Å². The predicted octanol–water partition coefficient (Wildman–Crippen LogP) is 4.27. The van der Waals surface area contributed by atoms with Gasteiger partial charge in [-0.15, -0.1) is 16.4 Å². The van der Waals surface area contributed by atoms with Gasteiger partial charge in [0, 0.05) is 32.7 Å². The maximum Gasteiger partial charge on any atom is 0.265 e. The fourth-order valence-electron chi connectivity index (χ4n) is 4.25. The van der Waals surface area contributed by atoms with E-state index in [4.69, 9.17) is 4.98 Å². The highest BCUT2D eigenvalue weighted by atomic mass is 32.1. The predicted molar refractivity (Wildman–Crippen MR) is 134 cm³/mol. The van der Waals surface area contributed by atoms with E-state index in [1.807, 2.05) is 41.6 Å². The molecular weight excluding hydrogens is 444 g/mol. The Labute approximate surface area is 203 Å². The number of nitrogens with zero attached hydrogens (tertiary/aromatic N) is 6. The zero-order chi connectivity index (χ0) is 23.7. The summed E-state index contributed by atoms with van der Waals surface area (Å²) in [6.07, 6.45) is 0. The van der Waals surface area contributed by atoms with Crippen LogP contribution in [0.1, 0.15) is 32.2 Å².